The van der Waals surface area contributed by atoms with E-state index in [1.807, 2.05) is 0 Å². The van der Waals surface area contributed by atoms with Crippen molar-refractivity contribution in [3.8, 4) is 0 Å². The molecule has 2 bridgehead atoms. The van der Waals surface area contributed by atoms with Crippen molar-refractivity contribution in [3.05, 3.63) is 149 Å². The summed E-state index contributed by atoms with van der Waals surface area (Å²) in [6, 6.07) is 41.4. The molecule has 0 N–H and O–H groups in total. The molecule has 2 aliphatic heterocycles. The van der Waals surface area contributed by atoms with Gasteiger partial charge in [-0.3, -0.25) is 4.99 Å². The Kier molecular flexibility index (Phi) is 4.43. The summed E-state index contributed by atoms with van der Waals surface area (Å²) in [6.45, 7) is 2.36. The summed E-state index contributed by atoms with van der Waals surface area (Å²) in [5.41, 5.74) is 8.64. The normalized spacial score (nSPS) is 23.7. The maximum absolute atomic E-state index is 5.53. The van der Waals surface area contributed by atoms with Crippen LogP contribution in [0, 0.1) is 0 Å². The van der Waals surface area contributed by atoms with Gasteiger partial charge >= 0.3 is 0 Å². The van der Waals surface area contributed by atoms with Gasteiger partial charge in [0.15, 0.2) is 0 Å². The molecular formula is C31H25N. The van der Waals surface area contributed by atoms with Gasteiger partial charge in [-0.05, 0) is 40.3 Å². The van der Waals surface area contributed by atoms with Crippen LogP contribution in [0.1, 0.15) is 46.7 Å². The first kappa shape index (κ1) is 19.0. The molecule has 0 saturated carbocycles. The highest BCUT2D eigenvalue weighted by Crippen LogP contribution is 2.55. The van der Waals surface area contributed by atoms with E-state index in [1.54, 1.807) is 0 Å². The Morgan fingerprint density at radius 1 is 0.625 bits per heavy atom. The molecule has 7 rings (SSSR count). The zero-order valence-electron chi connectivity index (χ0n) is 18.1. The van der Waals surface area contributed by atoms with Crippen LogP contribution in [-0.2, 0) is 5.41 Å². The maximum atomic E-state index is 5.53. The number of rotatable bonds is 3. The van der Waals surface area contributed by atoms with Crippen LogP contribution >= 0.6 is 0 Å². The van der Waals surface area contributed by atoms with E-state index in [2.05, 4.69) is 128 Å². The van der Waals surface area contributed by atoms with Crippen LogP contribution < -0.4 is 0 Å². The Labute approximate surface area is 189 Å². The lowest BCUT2D eigenvalue weighted by molar-refractivity contribution is 0.626. The molecule has 0 fully saturated rings. The van der Waals surface area contributed by atoms with E-state index in [4.69, 9.17) is 4.99 Å². The fourth-order valence-electron chi connectivity index (χ4n) is 5.57. The molecule has 0 spiro atoms. The fraction of sp³-hybridized carbons (Fsp3) is 0.129. The number of hydrogen-bond donors (Lipinski definition) is 0. The second kappa shape index (κ2) is 7.46. The van der Waals surface area contributed by atoms with E-state index in [9.17, 15) is 0 Å². The van der Waals surface area contributed by atoms with Gasteiger partial charge in [-0.2, -0.15) is 0 Å². The minimum atomic E-state index is -0.334. The smallest absolute Gasteiger partial charge is 0.0859 e. The van der Waals surface area contributed by atoms with Crippen molar-refractivity contribution in [2.24, 2.45) is 4.99 Å². The van der Waals surface area contributed by atoms with Crippen LogP contribution in [-0.4, -0.2) is 5.71 Å². The van der Waals surface area contributed by atoms with Crippen LogP contribution in [0.25, 0.3) is 5.57 Å². The highest BCUT2D eigenvalue weighted by molar-refractivity contribution is 6.17. The molecule has 3 aliphatic rings. The Balaban J connectivity index is 1.71. The van der Waals surface area contributed by atoms with Gasteiger partial charge in [-0.15, -0.1) is 0 Å². The van der Waals surface area contributed by atoms with Crippen molar-refractivity contribution < 1.29 is 0 Å². The number of fused-ring (bicyclic) bond motifs is 1. The minimum Gasteiger partial charge on any atom is -0.279 e. The fourth-order valence-corrected chi connectivity index (χ4v) is 5.57. The number of nitrogens with zero attached hydrogens (tertiary/aromatic N) is 1. The van der Waals surface area contributed by atoms with E-state index in [-0.39, 0.29) is 17.4 Å². The summed E-state index contributed by atoms with van der Waals surface area (Å²) >= 11 is 0. The summed E-state index contributed by atoms with van der Waals surface area (Å²) in [7, 11) is 0. The third kappa shape index (κ3) is 2.81. The molecule has 0 amide bonds. The van der Waals surface area contributed by atoms with E-state index >= 15 is 0 Å². The van der Waals surface area contributed by atoms with Crippen LogP contribution in [0.2, 0.25) is 0 Å². The zero-order chi connectivity index (χ0) is 21.5. The topological polar surface area (TPSA) is 12.4 Å². The van der Waals surface area contributed by atoms with Gasteiger partial charge in [-0.1, -0.05) is 121 Å². The first-order chi connectivity index (χ1) is 15.8. The van der Waals surface area contributed by atoms with Gasteiger partial charge in [0.1, 0.15) is 0 Å². The molecule has 3 atom stereocenters. The second-order valence-corrected chi connectivity index (χ2v) is 8.88. The Bertz CT molecular complexity index is 1320. The third-order valence-electron chi connectivity index (χ3n) is 7.10. The lowest BCUT2D eigenvalue weighted by Gasteiger charge is -2.39. The SMILES string of the molecule is C[C@@]12C(c3ccccc3)=CC(c3ccccc3)[C@@H](N=C1c1ccccc1)c1ccccc12. The highest BCUT2D eigenvalue weighted by atomic mass is 14.9. The molecule has 1 unspecified atom stereocenters. The third-order valence-corrected chi connectivity index (χ3v) is 7.10. The lowest BCUT2D eigenvalue weighted by Crippen LogP contribution is -2.38. The van der Waals surface area contributed by atoms with Gasteiger partial charge in [0.25, 0.3) is 0 Å². The second-order valence-electron chi connectivity index (χ2n) is 8.88. The number of allylic oxidation sites excluding steroid dienone is 1. The predicted octanol–water partition coefficient (Wildman–Crippen LogP) is 7.37. The number of hydrogen-bond acceptors (Lipinski definition) is 1. The summed E-state index contributed by atoms with van der Waals surface area (Å²) in [5.74, 6) is 0.176. The molecule has 0 radical (unpaired) electrons. The summed E-state index contributed by atoms with van der Waals surface area (Å²) in [5, 5.41) is 0. The summed E-state index contributed by atoms with van der Waals surface area (Å²) < 4.78 is 0. The van der Waals surface area contributed by atoms with E-state index in [0.717, 1.165) is 5.71 Å². The van der Waals surface area contributed by atoms with Gasteiger partial charge in [-0.25, -0.2) is 0 Å². The van der Waals surface area contributed by atoms with Crippen molar-refractivity contribution in [1.82, 2.24) is 0 Å². The predicted molar refractivity (Wildman–Crippen MR) is 133 cm³/mol. The van der Waals surface area contributed by atoms with Crippen LogP contribution in [0.3, 0.4) is 0 Å². The molecule has 32 heavy (non-hydrogen) atoms. The van der Waals surface area contributed by atoms with Gasteiger partial charge in [0.2, 0.25) is 0 Å². The molecule has 4 aromatic rings. The molecule has 1 heteroatoms. The van der Waals surface area contributed by atoms with E-state index in [0.29, 0.717) is 0 Å². The van der Waals surface area contributed by atoms with Gasteiger partial charge < -0.3 is 0 Å². The zero-order valence-corrected chi connectivity index (χ0v) is 18.1. The van der Waals surface area contributed by atoms with Crippen molar-refractivity contribution in [2.45, 2.75) is 24.3 Å². The van der Waals surface area contributed by atoms with Crippen LogP contribution in [0.4, 0.5) is 0 Å². The molecule has 154 valence electrons. The summed E-state index contributed by atoms with van der Waals surface area (Å²) in [6.07, 6.45) is 2.49. The van der Waals surface area contributed by atoms with Gasteiger partial charge in [0, 0.05) is 5.92 Å². The monoisotopic (exact) mass is 411 g/mol. The first-order valence-corrected chi connectivity index (χ1v) is 11.3. The molecule has 0 saturated heterocycles. The van der Waals surface area contributed by atoms with E-state index < -0.39 is 0 Å². The van der Waals surface area contributed by atoms with E-state index in [1.165, 1.54) is 33.4 Å². The van der Waals surface area contributed by atoms with Crippen LogP contribution in [0.5, 0.6) is 0 Å². The molecule has 1 nitrogen and oxygen atoms in total. The van der Waals surface area contributed by atoms with Gasteiger partial charge in [0.05, 0.1) is 17.2 Å². The summed E-state index contributed by atoms with van der Waals surface area (Å²) in [4.78, 5) is 5.53. The number of aliphatic imine (C=N–C) groups is 1. The minimum absolute atomic E-state index is 0.0538. The first-order valence-electron chi connectivity index (χ1n) is 11.3. The van der Waals surface area contributed by atoms with Crippen molar-refractivity contribution in [2.75, 3.05) is 0 Å². The quantitative estimate of drug-likeness (QED) is 0.334. The average molecular weight is 412 g/mol. The average Bonchev–Trinajstić information content (AvgIpc) is 3.07. The Morgan fingerprint density at radius 3 is 1.88 bits per heavy atom. The molecule has 1 aliphatic carbocycles. The lowest BCUT2D eigenvalue weighted by atomic mass is 9.66. The number of benzene rings is 4. The maximum Gasteiger partial charge on any atom is 0.0859 e. The van der Waals surface area contributed by atoms with Crippen molar-refractivity contribution >= 4 is 11.3 Å². The standard InChI is InChI=1S/C31H25N/c1-31-27-20-12-11-19-25(27)29(32-30(31)24-17-9-4-10-18-24)26(22-13-5-2-6-14-22)21-28(31)23-15-7-3-8-16-23/h2-21,26,29H,1H3/t26?,29-,31+/m0/s1. The molecule has 4 aromatic carbocycles. The molecule has 2 heterocycles. The van der Waals surface area contributed by atoms with Crippen LogP contribution in [0.15, 0.2) is 126 Å². The Hall–Kier alpha value is -3.71. The van der Waals surface area contributed by atoms with Crippen molar-refractivity contribution in [3.63, 3.8) is 0 Å². The van der Waals surface area contributed by atoms with Crippen molar-refractivity contribution in [1.29, 1.82) is 0 Å². The molecular weight excluding hydrogens is 386 g/mol. The highest BCUT2D eigenvalue weighted by Gasteiger charge is 2.48. The largest absolute Gasteiger partial charge is 0.279 e. The Morgan fingerprint density at radius 2 is 1.19 bits per heavy atom. The molecule has 0 aromatic heterocycles.